The Balaban J connectivity index is 1.90. The number of carbonyl (C=O) groups excluding carboxylic acids is 1. The molecule has 1 N–H and O–H groups in total. The van der Waals surface area contributed by atoms with Crippen LogP contribution in [0.2, 0.25) is 5.02 Å². The van der Waals surface area contributed by atoms with Crippen molar-refractivity contribution in [3.05, 3.63) is 69.6 Å². The first-order valence-corrected chi connectivity index (χ1v) is 9.90. The van der Waals surface area contributed by atoms with E-state index in [1.54, 1.807) is 36.4 Å². The normalized spacial score (nSPS) is 13.6. The molecule has 0 unspecified atom stereocenters. The van der Waals surface area contributed by atoms with Crippen molar-refractivity contribution in [3.63, 3.8) is 0 Å². The van der Waals surface area contributed by atoms with Crippen molar-refractivity contribution in [2.75, 3.05) is 7.11 Å². The van der Waals surface area contributed by atoms with E-state index in [1.165, 1.54) is 6.07 Å². The zero-order chi connectivity index (χ0) is 23.5. The molecule has 0 aliphatic rings. The van der Waals surface area contributed by atoms with Gasteiger partial charge in [0.1, 0.15) is 5.82 Å². The largest absolute Gasteiger partial charge is 0.424 e. The lowest BCUT2D eigenvalue weighted by Crippen LogP contribution is -2.51. The Labute approximate surface area is 186 Å². The van der Waals surface area contributed by atoms with Crippen molar-refractivity contribution in [2.24, 2.45) is 0 Å². The molecule has 0 fully saturated rings. The van der Waals surface area contributed by atoms with Crippen LogP contribution in [-0.4, -0.2) is 39.6 Å². The van der Waals surface area contributed by atoms with Gasteiger partial charge >= 0.3 is 11.9 Å². The van der Waals surface area contributed by atoms with E-state index in [4.69, 9.17) is 11.6 Å². The maximum absolute atomic E-state index is 13.2. The summed E-state index contributed by atoms with van der Waals surface area (Å²) in [4.78, 5) is 35.1. The fraction of sp³-hybridized carbons (Fsp3) is 0.273. The van der Waals surface area contributed by atoms with Crippen molar-refractivity contribution in [1.29, 1.82) is 0 Å². The average molecular weight is 466 g/mol. The molecule has 0 radical (unpaired) electrons. The average Bonchev–Trinajstić information content (AvgIpc) is 2.77. The summed E-state index contributed by atoms with van der Waals surface area (Å²) < 4.78 is 44.2. The first kappa shape index (κ1) is 23.6. The van der Waals surface area contributed by atoms with Crippen LogP contribution in [0.4, 0.5) is 13.2 Å². The number of halogens is 4. The fourth-order valence-electron chi connectivity index (χ4n) is 3.02. The predicted molar refractivity (Wildman–Crippen MR) is 113 cm³/mol. The molecule has 0 spiro atoms. The van der Waals surface area contributed by atoms with E-state index in [1.807, 2.05) is 6.07 Å². The lowest BCUT2D eigenvalue weighted by Gasteiger charge is -2.29. The van der Waals surface area contributed by atoms with Gasteiger partial charge in [-0.15, -0.1) is 0 Å². The molecule has 1 atom stereocenters. The van der Waals surface area contributed by atoms with Crippen LogP contribution in [0.1, 0.15) is 18.9 Å². The highest BCUT2D eigenvalue weighted by molar-refractivity contribution is 6.33. The van der Waals surface area contributed by atoms with Crippen molar-refractivity contribution in [2.45, 2.75) is 31.5 Å². The summed E-state index contributed by atoms with van der Waals surface area (Å²) in [6.07, 6.45) is -5.22. The standard InChI is InChI=1S/C22H19ClF3N3O3/c1-21(32-2,22(24,25)26)17(30)11-9-13-8-10-16(23)15(12-13)19-27-18(28-20(31)29-19)14-6-4-3-5-7-14/h3-8,10,12H,9,11H2,1-2H3,(H,27,28,29,31)/t21-/m1/s1. The number of aromatic amines is 1. The van der Waals surface area contributed by atoms with Crippen LogP contribution in [0.5, 0.6) is 0 Å². The second kappa shape index (κ2) is 9.22. The Morgan fingerprint density at radius 1 is 1.12 bits per heavy atom. The van der Waals surface area contributed by atoms with Gasteiger partial charge < -0.3 is 4.74 Å². The Hall–Kier alpha value is -3.04. The fourth-order valence-corrected chi connectivity index (χ4v) is 3.23. The molecular weight excluding hydrogens is 447 g/mol. The number of aryl methyl sites for hydroxylation is 1. The number of hydrogen-bond donors (Lipinski definition) is 1. The summed E-state index contributed by atoms with van der Waals surface area (Å²) >= 11 is 6.28. The second-order valence-corrected chi connectivity index (χ2v) is 7.57. The number of nitrogens with one attached hydrogen (secondary N) is 1. The van der Waals surface area contributed by atoms with Crippen LogP contribution < -0.4 is 5.69 Å². The van der Waals surface area contributed by atoms with Gasteiger partial charge in [0.05, 0.1) is 5.02 Å². The third-order valence-electron chi connectivity index (χ3n) is 5.09. The number of H-pyrrole nitrogens is 1. The van der Waals surface area contributed by atoms with Gasteiger partial charge in [0.15, 0.2) is 11.6 Å². The molecule has 1 heterocycles. The van der Waals surface area contributed by atoms with Crippen LogP contribution >= 0.6 is 11.6 Å². The molecule has 0 saturated heterocycles. The topological polar surface area (TPSA) is 84.9 Å². The monoisotopic (exact) mass is 465 g/mol. The van der Waals surface area contributed by atoms with Crippen LogP contribution in [0.3, 0.4) is 0 Å². The number of rotatable bonds is 7. The van der Waals surface area contributed by atoms with Gasteiger partial charge in [0.2, 0.25) is 5.60 Å². The molecule has 0 aliphatic heterocycles. The Morgan fingerprint density at radius 3 is 2.44 bits per heavy atom. The SMILES string of the molecule is CO[C@](C)(C(=O)CCc1ccc(Cl)c(-c2nc(-c3ccccc3)nc(=O)[nH]2)c1)C(F)(F)F. The Bertz CT molecular complexity index is 1180. The zero-order valence-corrected chi connectivity index (χ0v) is 17.9. The molecular formula is C22H19ClF3N3O3. The minimum absolute atomic E-state index is 0.0128. The predicted octanol–water partition coefficient (Wildman–Crippen LogP) is 4.62. The number of hydrogen-bond acceptors (Lipinski definition) is 5. The lowest BCUT2D eigenvalue weighted by molar-refractivity contribution is -0.252. The van der Waals surface area contributed by atoms with Gasteiger partial charge in [-0.2, -0.15) is 18.2 Å². The lowest BCUT2D eigenvalue weighted by atomic mass is 9.94. The third kappa shape index (κ3) is 4.89. The Kier molecular flexibility index (Phi) is 6.80. The van der Waals surface area contributed by atoms with Gasteiger partial charge in [-0.25, -0.2) is 9.78 Å². The second-order valence-electron chi connectivity index (χ2n) is 7.16. The molecule has 6 nitrogen and oxygen atoms in total. The number of methoxy groups -OCH3 is 1. The minimum atomic E-state index is -4.84. The van der Waals surface area contributed by atoms with E-state index in [2.05, 4.69) is 19.7 Å². The molecule has 2 aromatic carbocycles. The molecule has 3 aromatic rings. The van der Waals surface area contributed by atoms with Gasteiger partial charge in [0.25, 0.3) is 0 Å². The molecule has 10 heteroatoms. The van der Waals surface area contributed by atoms with Crippen molar-refractivity contribution in [1.82, 2.24) is 15.0 Å². The highest BCUT2D eigenvalue weighted by Crippen LogP contribution is 2.35. The van der Waals surface area contributed by atoms with E-state index in [0.717, 1.165) is 7.11 Å². The van der Waals surface area contributed by atoms with Gasteiger partial charge in [-0.05, 0) is 31.0 Å². The van der Waals surface area contributed by atoms with E-state index in [9.17, 15) is 22.8 Å². The number of ether oxygens (including phenoxy) is 1. The first-order chi connectivity index (χ1) is 15.0. The van der Waals surface area contributed by atoms with Crippen LogP contribution in [0.25, 0.3) is 22.8 Å². The van der Waals surface area contributed by atoms with Crippen molar-refractivity contribution in [3.8, 4) is 22.8 Å². The number of nitrogens with zero attached hydrogens (tertiary/aromatic N) is 2. The summed E-state index contributed by atoms with van der Waals surface area (Å²) in [5.74, 6) is -0.744. The summed E-state index contributed by atoms with van der Waals surface area (Å²) in [5, 5.41) is 0.269. The first-order valence-electron chi connectivity index (χ1n) is 9.53. The molecule has 3 rings (SSSR count). The summed E-state index contributed by atoms with van der Waals surface area (Å²) in [6, 6.07) is 13.5. The van der Waals surface area contributed by atoms with Crippen LogP contribution in [-0.2, 0) is 16.0 Å². The number of alkyl halides is 3. The number of carbonyl (C=O) groups is 1. The zero-order valence-electron chi connectivity index (χ0n) is 17.2. The quantitative estimate of drug-likeness (QED) is 0.550. The molecule has 1 aromatic heterocycles. The highest BCUT2D eigenvalue weighted by Gasteiger charge is 2.56. The highest BCUT2D eigenvalue weighted by atomic mass is 35.5. The smallest absolute Gasteiger partial charge is 0.362 e. The third-order valence-corrected chi connectivity index (χ3v) is 5.42. The minimum Gasteiger partial charge on any atom is -0.362 e. The molecule has 32 heavy (non-hydrogen) atoms. The van der Waals surface area contributed by atoms with E-state index in [-0.39, 0.29) is 23.1 Å². The van der Waals surface area contributed by atoms with Crippen LogP contribution in [0, 0.1) is 0 Å². The number of benzene rings is 2. The van der Waals surface area contributed by atoms with E-state index in [0.29, 0.717) is 23.6 Å². The molecule has 0 amide bonds. The number of ketones is 1. The van der Waals surface area contributed by atoms with Gasteiger partial charge in [0, 0.05) is 24.7 Å². The van der Waals surface area contributed by atoms with Gasteiger partial charge in [-0.1, -0.05) is 48.0 Å². The van der Waals surface area contributed by atoms with E-state index >= 15 is 0 Å². The molecule has 0 saturated carbocycles. The number of Topliss-reactive ketones (excluding diaryl/α,β-unsaturated/α-hetero) is 1. The maximum atomic E-state index is 13.2. The molecule has 0 bridgehead atoms. The summed E-state index contributed by atoms with van der Waals surface area (Å²) in [5.41, 5.74) is -1.99. The van der Waals surface area contributed by atoms with Crippen LogP contribution in [0.15, 0.2) is 53.3 Å². The maximum Gasteiger partial charge on any atom is 0.424 e. The van der Waals surface area contributed by atoms with E-state index < -0.39 is 29.7 Å². The molecule has 168 valence electrons. The summed E-state index contributed by atoms with van der Waals surface area (Å²) in [6.45, 7) is 0.708. The summed E-state index contributed by atoms with van der Waals surface area (Å²) in [7, 11) is 0.849. The van der Waals surface area contributed by atoms with Crippen molar-refractivity contribution < 1.29 is 22.7 Å². The molecule has 0 aliphatic carbocycles. The van der Waals surface area contributed by atoms with Crippen molar-refractivity contribution >= 4 is 17.4 Å². The van der Waals surface area contributed by atoms with Gasteiger partial charge in [-0.3, -0.25) is 9.78 Å². The number of aromatic nitrogens is 3. The Morgan fingerprint density at radius 2 is 1.81 bits per heavy atom.